The molecule has 7 nitrogen and oxygen atoms in total. The van der Waals surface area contributed by atoms with Crippen molar-refractivity contribution in [1.82, 2.24) is 15.4 Å². The fraction of sp³-hybridized carbons (Fsp3) is 0.429. The molecule has 0 spiro atoms. The molecule has 1 aliphatic heterocycles. The van der Waals surface area contributed by atoms with E-state index in [1.807, 2.05) is 6.92 Å². The van der Waals surface area contributed by atoms with Gasteiger partial charge in [0, 0.05) is 36.4 Å². The standard InChI is InChI=1S/C28H33F3N4O3/c1-18-17-33-25-4-3-22(38-2)16-23(25)26(18)24(31)5-6-28(27(36)34-37)7-10-35(11-8-28)12-9-32-21-14-19(29)13-20(30)15-21/h3-4,13-17,24,32,37H,5-12H2,1-2H3,(H,34,36). The lowest BCUT2D eigenvalue weighted by Gasteiger charge is -2.40. The summed E-state index contributed by atoms with van der Waals surface area (Å²) >= 11 is 0. The van der Waals surface area contributed by atoms with Crippen molar-refractivity contribution in [3.8, 4) is 5.75 Å². The molecule has 1 amide bonds. The molecule has 1 aliphatic rings. The van der Waals surface area contributed by atoms with Gasteiger partial charge in [0.05, 0.1) is 18.0 Å². The van der Waals surface area contributed by atoms with Gasteiger partial charge in [0.15, 0.2) is 0 Å². The Balaban J connectivity index is 1.39. The van der Waals surface area contributed by atoms with Gasteiger partial charge in [0.25, 0.3) is 0 Å². The lowest BCUT2D eigenvalue weighted by molar-refractivity contribution is -0.143. The Morgan fingerprint density at radius 2 is 1.89 bits per heavy atom. The number of likely N-dealkylation sites (tertiary alicyclic amines) is 1. The molecule has 204 valence electrons. The highest BCUT2D eigenvalue weighted by Gasteiger charge is 2.41. The maximum absolute atomic E-state index is 15.8. The van der Waals surface area contributed by atoms with Gasteiger partial charge in [-0.05, 0) is 87.2 Å². The summed E-state index contributed by atoms with van der Waals surface area (Å²) in [5, 5.41) is 13.1. The van der Waals surface area contributed by atoms with E-state index in [-0.39, 0.29) is 12.8 Å². The quantitative estimate of drug-likeness (QED) is 0.243. The molecule has 2 heterocycles. The van der Waals surface area contributed by atoms with Crippen LogP contribution < -0.4 is 15.5 Å². The Kier molecular flexibility index (Phi) is 8.73. The van der Waals surface area contributed by atoms with Gasteiger partial charge in [-0.2, -0.15) is 0 Å². The molecule has 1 unspecified atom stereocenters. The number of piperidine rings is 1. The van der Waals surface area contributed by atoms with Crippen LogP contribution in [0.15, 0.2) is 42.6 Å². The van der Waals surface area contributed by atoms with Crippen molar-refractivity contribution < 1.29 is 27.9 Å². The number of halogens is 3. The van der Waals surface area contributed by atoms with Gasteiger partial charge in [0.2, 0.25) is 5.91 Å². The summed E-state index contributed by atoms with van der Waals surface area (Å²) in [5.74, 6) is -1.19. The Morgan fingerprint density at radius 3 is 2.55 bits per heavy atom. The van der Waals surface area contributed by atoms with Crippen LogP contribution in [-0.4, -0.2) is 54.3 Å². The van der Waals surface area contributed by atoms with Crippen LogP contribution in [-0.2, 0) is 4.79 Å². The number of hydrogen-bond donors (Lipinski definition) is 3. The summed E-state index contributed by atoms with van der Waals surface area (Å²) in [6.07, 6.45) is 1.59. The third-order valence-corrected chi connectivity index (χ3v) is 7.52. The van der Waals surface area contributed by atoms with E-state index >= 15 is 4.39 Å². The predicted molar refractivity (Wildman–Crippen MR) is 139 cm³/mol. The Labute approximate surface area is 220 Å². The van der Waals surface area contributed by atoms with E-state index < -0.39 is 29.1 Å². The molecule has 0 radical (unpaired) electrons. The first kappa shape index (κ1) is 27.7. The molecule has 10 heteroatoms. The summed E-state index contributed by atoms with van der Waals surface area (Å²) < 4.78 is 47.9. The molecule has 0 saturated carbocycles. The lowest BCUT2D eigenvalue weighted by atomic mass is 9.73. The molecule has 38 heavy (non-hydrogen) atoms. The number of aromatic nitrogens is 1. The zero-order valence-corrected chi connectivity index (χ0v) is 21.6. The average Bonchev–Trinajstić information content (AvgIpc) is 2.91. The molecular formula is C28H33F3N4O3. The van der Waals surface area contributed by atoms with Crippen molar-refractivity contribution in [3.05, 3.63) is 65.4 Å². The van der Waals surface area contributed by atoms with Gasteiger partial charge in [-0.25, -0.2) is 18.7 Å². The summed E-state index contributed by atoms with van der Waals surface area (Å²) in [4.78, 5) is 19.3. The van der Waals surface area contributed by atoms with Crippen molar-refractivity contribution in [2.45, 2.75) is 38.8 Å². The Bertz CT molecular complexity index is 1260. The van der Waals surface area contributed by atoms with E-state index in [9.17, 15) is 18.8 Å². The molecule has 3 aromatic rings. The van der Waals surface area contributed by atoms with Crippen LogP contribution in [0.1, 0.15) is 43.0 Å². The number of rotatable bonds is 10. The van der Waals surface area contributed by atoms with Crippen LogP contribution in [0, 0.1) is 24.0 Å². The third-order valence-electron chi connectivity index (χ3n) is 7.52. The number of hydrogen-bond acceptors (Lipinski definition) is 6. The van der Waals surface area contributed by atoms with Gasteiger partial charge in [-0.15, -0.1) is 0 Å². The second-order valence-corrected chi connectivity index (χ2v) is 9.89. The molecule has 1 aromatic heterocycles. The first-order valence-corrected chi connectivity index (χ1v) is 12.7. The number of carbonyl (C=O) groups is 1. The van der Waals surface area contributed by atoms with E-state index in [0.29, 0.717) is 66.9 Å². The van der Waals surface area contributed by atoms with Crippen LogP contribution in [0.25, 0.3) is 10.9 Å². The van der Waals surface area contributed by atoms with E-state index in [0.717, 1.165) is 11.6 Å². The number of pyridine rings is 1. The van der Waals surface area contributed by atoms with Gasteiger partial charge < -0.3 is 15.0 Å². The molecule has 4 rings (SSSR count). The SMILES string of the molecule is COc1ccc2ncc(C)c(C(F)CCC3(C(=O)NO)CCN(CCNc4cc(F)cc(F)c4)CC3)c2c1. The second kappa shape index (κ2) is 12.0. The number of carbonyl (C=O) groups excluding carboxylic acids is 1. The maximum Gasteiger partial charge on any atom is 0.249 e. The second-order valence-electron chi connectivity index (χ2n) is 9.89. The largest absolute Gasteiger partial charge is 0.497 e. The first-order valence-electron chi connectivity index (χ1n) is 12.7. The van der Waals surface area contributed by atoms with Crippen LogP contribution >= 0.6 is 0 Å². The predicted octanol–water partition coefficient (Wildman–Crippen LogP) is 5.32. The van der Waals surface area contributed by atoms with Crippen molar-refractivity contribution in [2.75, 3.05) is 38.6 Å². The molecule has 3 N–H and O–H groups in total. The fourth-order valence-electron chi connectivity index (χ4n) is 5.31. The van der Waals surface area contributed by atoms with Gasteiger partial charge in [-0.3, -0.25) is 15.0 Å². The first-order chi connectivity index (χ1) is 18.2. The maximum atomic E-state index is 15.8. The van der Waals surface area contributed by atoms with Crippen LogP contribution in [0.2, 0.25) is 0 Å². The number of aryl methyl sites for hydroxylation is 1. The minimum atomic E-state index is -1.33. The number of amides is 1. The smallest absolute Gasteiger partial charge is 0.249 e. The zero-order valence-electron chi connectivity index (χ0n) is 21.6. The molecule has 0 bridgehead atoms. The lowest BCUT2D eigenvalue weighted by Crippen LogP contribution is -2.49. The van der Waals surface area contributed by atoms with Gasteiger partial charge in [0.1, 0.15) is 23.6 Å². The van der Waals surface area contributed by atoms with Crippen LogP contribution in [0.3, 0.4) is 0 Å². The molecular weight excluding hydrogens is 497 g/mol. The van der Waals surface area contributed by atoms with Crippen molar-refractivity contribution in [2.24, 2.45) is 5.41 Å². The highest BCUT2D eigenvalue weighted by atomic mass is 19.1. The minimum Gasteiger partial charge on any atom is -0.497 e. The number of hydroxylamine groups is 1. The number of alkyl halides is 1. The van der Waals surface area contributed by atoms with Crippen molar-refractivity contribution in [1.29, 1.82) is 0 Å². The highest BCUT2D eigenvalue weighted by Crippen LogP contribution is 2.41. The Morgan fingerprint density at radius 1 is 1.18 bits per heavy atom. The molecule has 1 saturated heterocycles. The topological polar surface area (TPSA) is 86.7 Å². The minimum absolute atomic E-state index is 0.108. The number of methoxy groups -OCH3 is 1. The molecule has 1 atom stereocenters. The van der Waals surface area contributed by atoms with Crippen LogP contribution in [0.5, 0.6) is 5.75 Å². The number of fused-ring (bicyclic) bond motifs is 1. The van der Waals surface area contributed by atoms with E-state index in [1.165, 1.54) is 12.1 Å². The van der Waals surface area contributed by atoms with E-state index in [4.69, 9.17) is 4.74 Å². The highest BCUT2D eigenvalue weighted by molar-refractivity contribution is 5.85. The van der Waals surface area contributed by atoms with Crippen LogP contribution in [0.4, 0.5) is 18.9 Å². The summed E-state index contributed by atoms with van der Waals surface area (Å²) in [6.45, 7) is 4.02. The summed E-state index contributed by atoms with van der Waals surface area (Å²) in [5.41, 5.74) is 3.18. The zero-order chi connectivity index (χ0) is 27.3. The number of nitrogens with zero attached hydrogens (tertiary/aromatic N) is 2. The monoisotopic (exact) mass is 530 g/mol. The number of nitrogens with one attached hydrogen (secondary N) is 2. The van der Waals surface area contributed by atoms with E-state index in [2.05, 4.69) is 15.2 Å². The third kappa shape index (κ3) is 6.19. The average molecular weight is 531 g/mol. The molecule has 2 aromatic carbocycles. The summed E-state index contributed by atoms with van der Waals surface area (Å²) in [7, 11) is 1.55. The summed E-state index contributed by atoms with van der Waals surface area (Å²) in [6, 6.07) is 8.62. The molecule has 0 aliphatic carbocycles. The fourth-order valence-corrected chi connectivity index (χ4v) is 5.31. The van der Waals surface area contributed by atoms with E-state index in [1.54, 1.807) is 37.0 Å². The number of anilines is 1. The number of ether oxygens (including phenoxy) is 1. The van der Waals surface area contributed by atoms with Gasteiger partial charge in [-0.1, -0.05) is 0 Å². The Hall–Kier alpha value is -3.37. The molecule has 1 fully saturated rings. The van der Waals surface area contributed by atoms with Gasteiger partial charge >= 0.3 is 0 Å². The normalized spacial score (nSPS) is 16.3. The van der Waals surface area contributed by atoms with Crippen molar-refractivity contribution >= 4 is 22.5 Å². The van der Waals surface area contributed by atoms with Crippen molar-refractivity contribution in [3.63, 3.8) is 0 Å². The number of benzene rings is 2.